The van der Waals surface area contributed by atoms with Crippen LogP contribution in [0.5, 0.6) is 11.5 Å². The number of rotatable bonds is 3. The van der Waals surface area contributed by atoms with Crippen LogP contribution in [0.15, 0.2) is 30.3 Å². The van der Waals surface area contributed by atoms with Crippen LogP contribution in [0, 0.1) is 0 Å². The number of fused-ring (bicyclic) bond motifs is 1. The van der Waals surface area contributed by atoms with Crippen LogP contribution < -0.4 is 9.47 Å². The highest BCUT2D eigenvalue weighted by Crippen LogP contribution is 2.41. The maximum atomic E-state index is 5.95. The Labute approximate surface area is 122 Å². The van der Waals surface area contributed by atoms with E-state index in [1.807, 2.05) is 12.1 Å². The van der Waals surface area contributed by atoms with E-state index in [0.29, 0.717) is 11.8 Å². The molecule has 0 aliphatic carbocycles. The van der Waals surface area contributed by atoms with E-state index in [9.17, 15) is 0 Å². The molecule has 0 spiro atoms. The molecule has 0 amide bonds. The first-order chi connectivity index (χ1) is 9.53. The molecule has 1 aromatic heterocycles. The normalized spacial score (nSPS) is 15.6. The molecule has 4 nitrogen and oxygen atoms in total. The van der Waals surface area contributed by atoms with Crippen molar-refractivity contribution in [3.05, 3.63) is 46.7 Å². The molecule has 1 aromatic carbocycles. The summed E-state index contributed by atoms with van der Waals surface area (Å²) < 4.78 is 11.7. The highest BCUT2D eigenvalue weighted by atomic mass is 35.5. The second-order valence-electron chi connectivity index (χ2n) is 5.42. The lowest BCUT2D eigenvalue weighted by atomic mass is 10.0. The lowest BCUT2D eigenvalue weighted by molar-refractivity contribution is 0.131. The highest BCUT2D eigenvalue weighted by Gasteiger charge is 2.32. The summed E-state index contributed by atoms with van der Waals surface area (Å²) in [6.45, 7) is 4.48. The van der Waals surface area contributed by atoms with E-state index in [0.717, 1.165) is 23.6 Å². The van der Waals surface area contributed by atoms with Crippen LogP contribution in [-0.2, 0) is 13.0 Å². The molecule has 0 saturated heterocycles. The van der Waals surface area contributed by atoms with Crippen molar-refractivity contribution in [2.24, 2.45) is 0 Å². The zero-order valence-corrected chi connectivity index (χ0v) is 12.1. The van der Waals surface area contributed by atoms with Gasteiger partial charge in [-0.15, -0.1) is 5.10 Å². The van der Waals surface area contributed by atoms with Crippen molar-refractivity contribution in [1.29, 1.82) is 0 Å². The van der Waals surface area contributed by atoms with Crippen molar-refractivity contribution in [3.63, 3.8) is 0 Å². The molecule has 0 N–H and O–H groups in total. The van der Waals surface area contributed by atoms with Gasteiger partial charge < -0.3 is 9.47 Å². The quantitative estimate of drug-likeness (QED) is 0.869. The minimum Gasteiger partial charge on any atom is -0.483 e. The van der Waals surface area contributed by atoms with Crippen LogP contribution in [0.2, 0.25) is 5.15 Å². The summed E-state index contributed by atoms with van der Waals surface area (Å²) in [5.41, 5.74) is 1.72. The van der Waals surface area contributed by atoms with Gasteiger partial charge in [0.1, 0.15) is 17.9 Å². The summed E-state index contributed by atoms with van der Waals surface area (Å²) in [4.78, 5) is 0. The van der Waals surface area contributed by atoms with Crippen LogP contribution in [0.3, 0.4) is 0 Å². The molecule has 3 rings (SSSR count). The van der Waals surface area contributed by atoms with Crippen molar-refractivity contribution in [2.75, 3.05) is 0 Å². The second kappa shape index (κ2) is 4.94. The molecule has 1 aliphatic heterocycles. The minimum atomic E-state index is -0.179. The molecule has 0 unspecified atom stereocenters. The third kappa shape index (κ3) is 2.70. The topological polar surface area (TPSA) is 44.2 Å². The van der Waals surface area contributed by atoms with E-state index in [4.69, 9.17) is 21.1 Å². The maximum absolute atomic E-state index is 5.95. The first kappa shape index (κ1) is 13.2. The Morgan fingerprint density at radius 3 is 2.85 bits per heavy atom. The number of hydrogen-bond donors (Lipinski definition) is 0. The molecule has 0 radical (unpaired) electrons. The lowest BCUT2D eigenvalue weighted by Gasteiger charge is -2.18. The molecule has 0 bridgehead atoms. The number of para-hydroxylation sites is 1. The number of halogens is 1. The van der Waals surface area contributed by atoms with Gasteiger partial charge in [-0.2, -0.15) is 5.10 Å². The molecule has 0 atom stereocenters. The largest absolute Gasteiger partial charge is 0.483 e. The Morgan fingerprint density at radius 1 is 1.25 bits per heavy atom. The Hall–Kier alpha value is -1.81. The van der Waals surface area contributed by atoms with Crippen molar-refractivity contribution in [1.82, 2.24) is 10.2 Å². The predicted molar refractivity (Wildman–Crippen MR) is 76.2 cm³/mol. The van der Waals surface area contributed by atoms with E-state index in [1.165, 1.54) is 5.56 Å². The molecular weight excluding hydrogens is 276 g/mol. The van der Waals surface area contributed by atoms with Crippen molar-refractivity contribution < 1.29 is 9.47 Å². The van der Waals surface area contributed by atoms with E-state index in [2.05, 4.69) is 30.1 Å². The summed E-state index contributed by atoms with van der Waals surface area (Å²) in [6, 6.07) is 9.45. The van der Waals surface area contributed by atoms with Crippen LogP contribution in [0.1, 0.15) is 25.1 Å². The van der Waals surface area contributed by atoms with E-state index < -0.39 is 0 Å². The monoisotopic (exact) mass is 290 g/mol. The van der Waals surface area contributed by atoms with Crippen LogP contribution >= 0.6 is 11.6 Å². The summed E-state index contributed by atoms with van der Waals surface area (Å²) >= 11 is 5.70. The molecule has 104 valence electrons. The smallest absolute Gasteiger partial charge is 0.165 e. The zero-order valence-electron chi connectivity index (χ0n) is 11.4. The first-order valence-electron chi connectivity index (χ1n) is 6.45. The summed E-state index contributed by atoms with van der Waals surface area (Å²) in [7, 11) is 0. The van der Waals surface area contributed by atoms with Crippen molar-refractivity contribution >= 4 is 11.6 Å². The van der Waals surface area contributed by atoms with Gasteiger partial charge >= 0.3 is 0 Å². The van der Waals surface area contributed by atoms with Crippen LogP contribution in [-0.4, -0.2) is 15.8 Å². The molecule has 0 fully saturated rings. The molecule has 2 heterocycles. The number of ether oxygens (including phenoxy) is 2. The van der Waals surface area contributed by atoms with E-state index in [1.54, 1.807) is 12.1 Å². The molecule has 0 saturated carbocycles. The number of aromatic nitrogens is 2. The Bertz CT molecular complexity index is 626. The summed E-state index contributed by atoms with van der Waals surface area (Å²) in [6.07, 6.45) is 0.889. The summed E-state index contributed by atoms with van der Waals surface area (Å²) in [5, 5.41) is 8.13. The number of nitrogens with zero attached hydrogens (tertiary/aromatic N) is 2. The standard InChI is InChI=1S/C15H15ClN2O2/c1-15(2)8-10-4-3-5-12(14(10)20-15)19-9-11-6-7-13(16)18-17-11/h3-7H,8-9H2,1-2H3. The Kier molecular flexibility index (Phi) is 3.26. The van der Waals surface area contributed by atoms with E-state index >= 15 is 0 Å². The van der Waals surface area contributed by atoms with Gasteiger partial charge in [-0.3, -0.25) is 0 Å². The van der Waals surface area contributed by atoms with Gasteiger partial charge in [0.05, 0.1) is 0 Å². The van der Waals surface area contributed by atoms with Gasteiger partial charge in [-0.25, -0.2) is 0 Å². The van der Waals surface area contributed by atoms with E-state index in [-0.39, 0.29) is 5.60 Å². The van der Waals surface area contributed by atoms with Crippen LogP contribution in [0.25, 0.3) is 0 Å². The van der Waals surface area contributed by atoms with Crippen LogP contribution in [0.4, 0.5) is 0 Å². The van der Waals surface area contributed by atoms with Gasteiger partial charge in [-0.05, 0) is 32.0 Å². The first-order valence-corrected chi connectivity index (χ1v) is 6.83. The van der Waals surface area contributed by atoms with Crippen molar-refractivity contribution in [3.8, 4) is 11.5 Å². The van der Waals surface area contributed by atoms with Gasteiger partial charge in [-0.1, -0.05) is 23.7 Å². The SMILES string of the molecule is CC1(C)Cc2cccc(OCc3ccc(Cl)nn3)c2O1. The second-order valence-corrected chi connectivity index (χ2v) is 5.81. The van der Waals surface area contributed by atoms with Gasteiger partial charge in [0.25, 0.3) is 0 Å². The zero-order chi connectivity index (χ0) is 14.2. The molecule has 2 aromatic rings. The van der Waals surface area contributed by atoms with Gasteiger partial charge in [0, 0.05) is 12.0 Å². The predicted octanol–water partition coefficient (Wildman–Crippen LogP) is 3.42. The Morgan fingerprint density at radius 2 is 2.10 bits per heavy atom. The Balaban J connectivity index is 1.76. The average molecular weight is 291 g/mol. The fourth-order valence-corrected chi connectivity index (χ4v) is 2.37. The van der Waals surface area contributed by atoms with Gasteiger partial charge in [0.2, 0.25) is 0 Å². The minimum absolute atomic E-state index is 0.179. The maximum Gasteiger partial charge on any atom is 0.165 e. The van der Waals surface area contributed by atoms with Gasteiger partial charge in [0.15, 0.2) is 16.7 Å². The molecule has 1 aliphatic rings. The fraction of sp³-hybridized carbons (Fsp3) is 0.333. The lowest BCUT2D eigenvalue weighted by Crippen LogP contribution is -2.24. The third-order valence-electron chi connectivity index (χ3n) is 3.12. The van der Waals surface area contributed by atoms with Crippen molar-refractivity contribution in [2.45, 2.75) is 32.5 Å². The molecule has 5 heteroatoms. The third-order valence-corrected chi connectivity index (χ3v) is 3.32. The molecule has 20 heavy (non-hydrogen) atoms. The number of hydrogen-bond acceptors (Lipinski definition) is 4. The fourth-order valence-electron chi connectivity index (χ4n) is 2.27. The summed E-state index contributed by atoms with van der Waals surface area (Å²) in [5.74, 6) is 1.57. The number of benzene rings is 1. The molecular formula is C15H15ClN2O2. The highest BCUT2D eigenvalue weighted by molar-refractivity contribution is 6.29. The average Bonchev–Trinajstić information content (AvgIpc) is 2.72.